The van der Waals surface area contributed by atoms with Gasteiger partial charge in [0.1, 0.15) is 0 Å². The van der Waals surface area contributed by atoms with E-state index in [1.54, 1.807) is 0 Å². The molecule has 0 spiro atoms. The molecule has 104 valence electrons. The molecule has 1 heterocycles. The minimum atomic E-state index is -5.08. The zero-order valence-corrected chi connectivity index (χ0v) is 9.80. The van der Waals surface area contributed by atoms with Gasteiger partial charge < -0.3 is 14.6 Å². The quantitative estimate of drug-likeness (QED) is 0.381. The van der Waals surface area contributed by atoms with Crippen LogP contribution in [0.2, 0.25) is 0 Å². The molecule has 1 atom stereocenters. The second-order valence-electron chi connectivity index (χ2n) is 4.65. The van der Waals surface area contributed by atoms with Crippen LogP contribution in [0.15, 0.2) is 0 Å². The third-order valence-corrected chi connectivity index (χ3v) is 2.90. The van der Waals surface area contributed by atoms with Crippen molar-refractivity contribution in [2.45, 2.75) is 24.5 Å². The van der Waals surface area contributed by atoms with Crippen LogP contribution in [0.25, 0.3) is 0 Å². The Morgan fingerprint density at radius 1 is 1.22 bits per heavy atom. The minimum Gasteiger partial charge on any atom is -0.541 e. The van der Waals surface area contributed by atoms with Crippen molar-refractivity contribution in [1.29, 1.82) is 0 Å². The molecule has 0 aromatic rings. The molecule has 0 aromatic heterocycles. The third-order valence-electron chi connectivity index (χ3n) is 2.90. The van der Waals surface area contributed by atoms with E-state index in [4.69, 9.17) is 0 Å². The molecule has 0 bridgehead atoms. The highest BCUT2D eigenvalue weighted by Crippen LogP contribution is 2.54. The topological polar surface area (TPSA) is 66.4 Å². The molecule has 1 aliphatic rings. The summed E-state index contributed by atoms with van der Waals surface area (Å²) in [6.07, 6.45) is 0. The molecule has 0 aromatic carbocycles. The van der Waals surface area contributed by atoms with E-state index >= 15 is 0 Å². The summed E-state index contributed by atoms with van der Waals surface area (Å²) in [6.45, 7) is -0.849. The number of likely N-dealkylation sites (tertiary alicyclic amines) is 1. The molecule has 18 heavy (non-hydrogen) atoms. The number of nitrogens with zero attached hydrogens (tertiary/aromatic N) is 1. The Kier molecular flexibility index (Phi) is 2.90. The molecule has 5 nitrogen and oxygen atoms in total. The molecule has 1 saturated heterocycles. The maximum atomic E-state index is 13.7. The lowest BCUT2D eigenvalue weighted by Gasteiger charge is -2.42. The van der Waals surface area contributed by atoms with Crippen molar-refractivity contribution in [3.05, 3.63) is 0 Å². The Hall–Kier alpha value is -1.38. The molecular formula is C9H11F4NO4. The van der Waals surface area contributed by atoms with E-state index < -0.39 is 40.5 Å². The largest absolute Gasteiger partial charge is 0.541 e. The minimum absolute atomic E-state index is 0.650. The van der Waals surface area contributed by atoms with Gasteiger partial charge in [0.2, 0.25) is 0 Å². The van der Waals surface area contributed by atoms with Crippen LogP contribution in [0.5, 0.6) is 0 Å². The molecule has 0 N–H and O–H groups in total. The Labute approximate surface area is 99.5 Å². The van der Waals surface area contributed by atoms with Crippen LogP contribution in [0.4, 0.5) is 17.6 Å². The number of aliphatic carboxylic acids is 1. The van der Waals surface area contributed by atoms with Crippen molar-refractivity contribution in [2.24, 2.45) is 0 Å². The molecule has 9 heteroatoms. The van der Waals surface area contributed by atoms with Gasteiger partial charge in [-0.25, -0.2) is 0 Å². The number of hydrogen-bond donors (Lipinski definition) is 0. The van der Waals surface area contributed by atoms with Crippen molar-refractivity contribution in [3.8, 4) is 0 Å². The fourth-order valence-electron chi connectivity index (χ4n) is 2.15. The first-order valence-electron chi connectivity index (χ1n) is 4.81. The maximum Gasteiger partial charge on any atom is 0.412 e. The second-order valence-corrected chi connectivity index (χ2v) is 4.65. The number of carboxylic acids is 1. The maximum absolute atomic E-state index is 13.7. The van der Waals surface area contributed by atoms with Crippen LogP contribution >= 0.6 is 0 Å². The predicted molar refractivity (Wildman–Crippen MR) is 46.4 cm³/mol. The standard InChI is InChI=1S/C9H11F4NO4/c1-5(15)18-8(6(16)17)9(12,13)7(10,11)4-14(8,2)3/h4H2,1-3H3. The van der Waals surface area contributed by atoms with E-state index in [0.717, 1.165) is 14.1 Å². The molecular weight excluding hydrogens is 262 g/mol. The highest BCUT2D eigenvalue weighted by atomic mass is 19.3. The Morgan fingerprint density at radius 2 is 1.67 bits per heavy atom. The van der Waals surface area contributed by atoms with Crippen LogP contribution in [-0.4, -0.2) is 54.6 Å². The Morgan fingerprint density at radius 3 is 1.89 bits per heavy atom. The first kappa shape index (κ1) is 14.7. The van der Waals surface area contributed by atoms with Gasteiger partial charge in [-0.15, -0.1) is 0 Å². The zero-order chi connectivity index (χ0) is 14.6. The summed E-state index contributed by atoms with van der Waals surface area (Å²) in [5, 5.41) is 11.0. The fourth-order valence-corrected chi connectivity index (χ4v) is 2.15. The van der Waals surface area contributed by atoms with Gasteiger partial charge in [-0.1, -0.05) is 0 Å². The SMILES string of the molecule is CC(=O)OC1(C(=O)[O-])C(F)(F)C(F)(F)C[N+]1(C)C. The van der Waals surface area contributed by atoms with Gasteiger partial charge in [-0.05, 0) is 0 Å². The first-order chi connectivity index (χ1) is 7.82. The number of hydrogen-bond acceptors (Lipinski definition) is 4. The van der Waals surface area contributed by atoms with Crippen LogP contribution in [0.1, 0.15) is 6.92 Å². The van der Waals surface area contributed by atoms with Crippen LogP contribution in [0.3, 0.4) is 0 Å². The van der Waals surface area contributed by atoms with Crippen LogP contribution in [0, 0.1) is 0 Å². The van der Waals surface area contributed by atoms with E-state index in [-0.39, 0.29) is 0 Å². The summed E-state index contributed by atoms with van der Waals surface area (Å²) in [5.41, 5.74) is -3.75. The van der Waals surface area contributed by atoms with E-state index in [2.05, 4.69) is 4.74 Å². The van der Waals surface area contributed by atoms with Crippen LogP contribution in [-0.2, 0) is 14.3 Å². The van der Waals surface area contributed by atoms with E-state index in [1.165, 1.54) is 0 Å². The molecule has 0 saturated carbocycles. The Bertz CT molecular complexity index is 409. The lowest BCUT2D eigenvalue weighted by atomic mass is 10.0. The van der Waals surface area contributed by atoms with Crippen molar-refractivity contribution in [1.82, 2.24) is 0 Å². The lowest BCUT2D eigenvalue weighted by Crippen LogP contribution is -2.73. The summed E-state index contributed by atoms with van der Waals surface area (Å²) >= 11 is 0. The smallest absolute Gasteiger partial charge is 0.412 e. The summed E-state index contributed by atoms with van der Waals surface area (Å²) in [4.78, 5) is 21.8. The van der Waals surface area contributed by atoms with Crippen molar-refractivity contribution >= 4 is 11.9 Å². The lowest BCUT2D eigenvalue weighted by molar-refractivity contribution is -0.950. The normalized spacial score (nSPS) is 31.9. The van der Waals surface area contributed by atoms with Crippen molar-refractivity contribution in [2.75, 3.05) is 20.6 Å². The third kappa shape index (κ3) is 1.49. The van der Waals surface area contributed by atoms with Crippen LogP contribution < -0.4 is 5.11 Å². The predicted octanol–water partition coefficient (Wildman–Crippen LogP) is -0.644. The van der Waals surface area contributed by atoms with Gasteiger partial charge in [0, 0.05) is 6.92 Å². The van der Waals surface area contributed by atoms with E-state index in [9.17, 15) is 32.3 Å². The number of quaternary nitrogens is 1. The van der Waals surface area contributed by atoms with Crippen molar-refractivity contribution < 1.29 is 41.5 Å². The first-order valence-corrected chi connectivity index (χ1v) is 4.81. The average molecular weight is 273 g/mol. The highest BCUT2D eigenvalue weighted by Gasteiger charge is 2.87. The number of ether oxygens (including phenoxy) is 1. The average Bonchev–Trinajstić information content (AvgIpc) is 2.18. The number of likely N-dealkylation sites (N-methyl/N-ethyl adjacent to an activating group) is 1. The number of esters is 1. The monoisotopic (exact) mass is 273 g/mol. The summed E-state index contributed by atoms with van der Waals surface area (Å²) < 4.78 is 56.6. The molecule has 1 aliphatic heterocycles. The zero-order valence-electron chi connectivity index (χ0n) is 9.80. The number of carboxylic acid groups (broad SMARTS) is 1. The summed E-state index contributed by atoms with van der Waals surface area (Å²) in [6, 6.07) is 0. The summed E-state index contributed by atoms with van der Waals surface area (Å²) in [7, 11) is 1.60. The molecule has 0 amide bonds. The van der Waals surface area contributed by atoms with Crippen molar-refractivity contribution in [3.63, 3.8) is 0 Å². The molecule has 1 unspecified atom stereocenters. The fraction of sp³-hybridized carbons (Fsp3) is 0.778. The number of carbonyl (C=O) groups excluding carboxylic acids is 2. The molecule has 1 rings (SSSR count). The molecule has 0 radical (unpaired) electrons. The number of alkyl halides is 4. The second kappa shape index (κ2) is 3.56. The number of rotatable bonds is 2. The van der Waals surface area contributed by atoms with Gasteiger partial charge in [-0.2, -0.15) is 17.6 Å². The highest BCUT2D eigenvalue weighted by molar-refractivity contribution is 5.80. The Balaban J connectivity index is 3.55. The van der Waals surface area contributed by atoms with Gasteiger partial charge in [0.05, 0.1) is 14.1 Å². The molecule has 0 aliphatic carbocycles. The van der Waals surface area contributed by atoms with Gasteiger partial charge in [0.25, 0.3) is 0 Å². The summed E-state index contributed by atoms with van der Waals surface area (Å²) in [5.74, 6) is -13.7. The van der Waals surface area contributed by atoms with E-state index in [0.29, 0.717) is 6.92 Å². The van der Waals surface area contributed by atoms with Gasteiger partial charge in [0.15, 0.2) is 12.5 Å². The van der Waals surface area contributed by atoms with Gasteiger partial charge >= 0.3 is 23.5 Å². The van der Waals surface area contributed by atoms with Gasteiger partial charge in [-0.3, -0.25) is 9.28 Å². The number of halogens is 4. The molecule has 1 fully saturated rings. The van der Waals surface area contributed by atoms with E-state index in [1.807, 2.05) is 0 Å². The number of carbonyl (C=O) groups is 2.